The first-order valence-electron chi connectivity index (χ1n) is 6.10. The lowest BCUT2D eigenvalue weighted by atomic mass is 10.2. The van der Waals surface area contributed by atoms with Gasteiger partial charge in [-0.1, -0.05) is 23.2 Å². The van der Waals surface area contributed by atoms with Gasteiger partial charge < -0.3 is 9.47 Å². The van der Waals surface area contributed by atoms with Crippen LogP contribution in [0.25, 0.3) is 0 Å². The first-order valence-corrected chi connectivity index (χ1v) is 6.86. The van der Waals surface area contributed by atoms with Crippen LogP contribution in [-0.4, -0.2) is 19.5 Å². The zero-order valence-electron chi connectivity index (χ0n) is 11.4. The predicted molar refractivity (Wildman–Crippen MR) is 84.5 cm³/mol. The third kappa shape index (κ3) is 3.90. The molecule has 0 bridgehead atoms. The highest BCUT2D eigenvalue weighted by atomic mass is 35.5. The maximum Gasteiger partial charge on any atom is 0.417 e. The number of carbonyl (C=O) groups is 2. The average Bonchev–Trinajstić information content (AvgIpc) is 2.51. The fraction of sp³-hybridized carbons (Fsp3) is 0.0667. The minimum atomic E-state index is -0.726. The fourth-order valence-electron chi connectivity index (χ4n) is 1.66. The second-order valence-electron chi connectivity index (χ2n) is 4.17. The van der Waals surface area contributed by atoms with E-state index in [0.29, 0.717) is 27.6 Å². The summed E-state index contributed by atoms with van der Waals surface area (Å²) in [7, 11) is 1.41. The molecule has 0 atom stereocenters. The van der Waals surface area contributed by atoms with Gasteiger partial charge in [-0.2, -0.15) is 0 Å². The maximum atomic E-state index is 11.9. The van der Waals surface area contributed by atoms with Gasteiger partial charge in [0.05, 0.1) is 17.2 Å². The van der Waals surface area contributed by atoms with Gasteiger partial charge in [-0.15, -0.1) is 0 Å². The summed E-state index contributed by atoms with van der Waals surface area (Å²) < 4.78 is 10.2. The SMILES string of the molecule is COc1cc(C=O)ccc1OC(=O)Nc1ccc(Cl)c(Cl)c1. The minimum absolute atomic E-state index is 0.186. The van der Waals surface area contributed by atoms with Gasteiger partial charge in [0.25, 0.3) is 0 Å². The van der Waals surface area contributed by atoms with Gasteiger partial charge in [-0.3, -0.25) is 10.1 Å². The molecule has 0 saturated heterocycles. The molecule has 1 amide bonds. The van der Waals surface area contributed by atoms with E-state index in [1.807, 2.05) is 0 Å². The largest absolute Gasteiger partial charge is 0.493 e. The van der Waals surface area contributed by atoms with E-state index in [9.17, 15) is 9.59 Å². The van der Waals surface area contributed by atoms with Crippen molar-refractivity contribution in [1.82, 2.24) is 0 Å². The molecular formula is C15H11Cl2NO4. The van der Waals surface area contributed by atoms with E-state index in [1.54, 1.807) is 12.1 Å². The number of methoxy groups -OCH3 is 1. The molecule has 0 radical (unpaired) electrons. The van der Waals surface area contributed by atoms with Crippen molar-refractivity contribution in [2.75, 3.05) is 12.4 Å². The summed E-state index contributed by atoms with van der Waals surface area (Å²) in [5.41, 5.74) is 0.844. The highest BCUT2D eigenvalue weighted by molar-refractivity contribution is 6.42. The summed E-state index contributed by atoms with van der Waals surface area (Å²) in [5, 5.41) is 3.20. The normalized spacial score (nSPS) is 9.95. The summed E-state index contributed by atoms with van der Waals surface area (Å²) in [6, 6.07) is 9.09. The molecule has 0 aliphatic rings. The lowest BCUT2D eigenvalue weighted by Crippen LogP contribution is -2.17. The molecule has 0 aliphatic carbocycles. The van der Waals surface area contributed by atoms with Crippen molar-refractivity contribution in [1.29, 1.82) is 0 Å². The van der Waals surface area contributed by atoms with Crippen LogP contribution in [0.5, 0.6) is 11.5 Å². The zero-order chi connectivity index (χ0) is 16.1. The van der Waals surface area contributed by atoms with Gasteiger partial charge in [0.2, 0.25) is 0 Å². The van der Waals surface area contributed by atoms with Crippen LogP contribution < -0.4 is 14.8 Å². The molecule has 0 saturated carbocycles. The monoisotopic (exact) mass is 339 g/mol. The second-order valence-corrected chi connectivity index (χ2v) is 4.99. The lowest BCUT2D eigenvalue weighted by molar-refractivity contribution is 0.112. The molecule has 22 heavy (non-hydrogen) atoms. The molecule has 0 aromatic heterocycles. The Bertz CT molecular complexity index is 719. The number of anilines is 1. The number of nitrogens with one attached hydrogen (secondary N) is 1. The van der Waals surface area contributed by atoms with Gasteiger partial charge in [-0.25, -0.2) is 4.79 Å². The van der Waals surface area contributed by atoms with Gasteiger partial charge in [0, 0.05) is 11.3 Å². The molecule has 2 aromatic rings. The number of ether oxygens (including phenoxy) is 2. The van der Waals surface area contributed by atoms with Crippen molar-refractivity contribution in [2.45, 2.75) is 0 Å². The first kappa shape index (κ1) is 16.1. The van der Waals surface area contributed by atoms with E-state index >= 15 is 0 Å². The Kier molecular flexibility index (Phi) is 5.25. The summed E-state index contributed by atoms with van der Waals surface area (Å²) in [5.74, 6) is 0.458. The van der Waals surface area contributed by atoms with Gasteiger partial charge in [-0.05, 0) is 36.4 Å². The molecule has 0 unspecified atom stereocenters. The van der Waals surface area contributed by atoms with E-state index < -0.39 is 6.09 Å². The molecule has 7 heteroatoms. The van der Waals surface area contributed by atoms with E-state index in [2.05, 4.69) is 5.32 Å². The van der Waals surface area contributed by atoms with Crippen LogP contribution in [0.3, 0.4) is 0 Å². The lowest BCUT2D eigenvalue weighted by Gasteiger charge is -2.10. The van der Waals surface area contributed by atoms with E-state index in [0.717, 1.165) is 0 Å². The third-order valence-electron chi connectivity index (χ3n) is 2.69. The van der Waals surface area contributed by atoms with Crippen LogP contribution in [0.15, 0.2) is 36.4 Å². The predicted octanol–water partition coefficient (Wildman–Crippen LogP) is 4.43. The first-order chi connectivity index (χ1) is 10.5. The number of amides is 1. The quantitative estimate of drug-likeness (QED) is 0.837. The van der Waals surface area contributed by atoms with Gasteiger partial charge in [0.15, 0.2) is 11.5 Å². The average molecular weight is 340 g/mol. The minimum Gasteiger partial charge on any atom is -0.493 e. The highest BCUT2D eigenvalue weighted by Crippen LogP contribution is 2.29. The van der Waals surface area contributed by atoms with Crippen LogP contribution in [0.4, 0.5) is 10.5 Å². The summed E-state index contributed by atoms with van der Waals surface area (Å²) in [6.45, 7) is 0. The number of hydrogen-bond acceptors (Lipinski definition) is 4. The molecular weight excluding hydrogens is 329 g/mol. The standard InChI is InChI=1S/C15H11Cl2NO4/c1-21-14-6-9(8-19)2-5-13(14)22-15(20)18-10-3-4-11(16)12(17)7-10/h2-8H,1H3,(H,18,20). The second kappa shape index (κ2) is 7.15. The Labute approximate surface area is 136 Å². The zero-order valence-corrected chi connectivity index (χ0v) is 12.9. The molecule has 114 valence electrons. The van der Waals surface area contributed by atoms with E-state index in [1.165, 1.54) is 31.4 Å². The van der Waals surface area contributed by atoms with Crippen LogP contribution >= 0.6 is 23.2 Å². The summed E-state index contributed by atoms with van der Waals surface area (Å²) >= 11 is 11.7. The Morgan fingerprint density at radius 3 is 2.50 bits per heavy atom. The number of carbonyl (C=O) groups excluding carboxylic acids is 2. The van der Waals surface area contributed by atoms with Crippen molar-refractivity contribution in [3.05, 3.63) is 52.0 Å². The molecule has 2 aromatic carbocycles. The number of hydrogen-bond donors (Lipinski definition) is 1. The smallest absolute Gasteiger partial charge is 0.417 e. The molecule has 0 heterocycles. The van der Waals surface area contributed by atoms with E-state index in [4.69, 9.17) is 32.7 Å². The molecule has 0 spiro atoms. The Hall–Kier alpha value is -2.24. The highest BCUT2D eigenvalue weighted by Gasteiger charge is 2.11. The van der Waals surface area contributed by atoms with Crippen LogP contribution in [0, 0.1) is 0 Å². The topological polar surface area (TPSA) is 64.6 Å². The Morgan fingerprint density at radius 2 is 1.86 bits per heavy atom. The van der Waals surface area contributed by atoms with Crippen LogP contribution in [0.1, 0.15) is 10.4 Å². The Balaban J connectivity index is 2.11. The van der Waals surface area contributed by atoms with Crippen molar-refractivity contribution in [3.8, 4) is 11.5 Å². The molecule has 0 fully saturated rings. The molecule has 0 aliphatic heterocycles. The van der Waals surface area contributed by atoms with Crippen LogP contribution in [-0.2, 0) is 0 Å². The van der Waals surface area contributed by atoms with Gasteiger partial charge in [0.1, 0.15) is 6.29 Å². The van der Waals surface area contributed by atoms with E-state index in [-0.39, 0.29) is 11.5 Å². The summed E-state index contributed by atoms with van der Waals surface area (Å²) in [4.78, 5) is 22.6. The maximum absolute atomic E-state index is 11.9. The number of rotatable bonds is 4. The molecule has 1 N–H and O–H groups in total. The summed E-state index contributed by atoms with van der Waals surface area (Å²) in [6.07, 6.45) is -0.0576. The van der Waals surface area contributed by atoms with Crippen molar-refractivity contribution in [2.24, 2.45) is 0 Å². The number of halogens is 2. The van der Waals surface area contributed by atoms with Gasteiger partial charge >= 0.3 is 6.09 Å². The fourth-order valence-corrected chi connectivity index (χ4v) is 1.96. The third-order valence-corrected chi connectivity index (χ3v) is 3.43. The van der Waals surface area contributed by atoms with Crippen molar-refractivity contribution < 1.29 is 19.1 Å². The van der Waals surface area contributed by atoms with Crippen molar-refractivity contribution >= 4 is 41.3 Å². The van der Waals surface area contributed by atoms with Crippen LogP contribution in [0.2, 0.25) is 10.0 Å². The Morgan fingerprint density at radius 1 is 1.09 bits per heavy atom. The molecule has 5 nitrogen and oxygen atoms in total. The number of benzene rings is 2. The molecule has 2 rings (SSSR count). The van der Waals surface area contributed by atoms with Crippen molar-refractivity contribution in [3.63, 3.8) is 0 Å². The number of aldehydes is 1.